The van der Waals surface area contributed by atoms with Gasteiger partial charge in [0.25, 0.3) is 0 Å². The van der Waals surface area contributed by atoms with Gasteiger partial charge in [0, 0.05) is 5.56 Å². The lowest BCUT2D eigenvalue weighted by atomic mass is 9.90. The van der Waals surface area contributed by atoms with E-state index in [1.807, 2.05) is 6.92 Å². The molecule has 0 radical (unpaired) electrons. The Morgan fingerprint density at radius 2 is 1.81 bits per heavy atom. The summed E-state index contributed by atoms with van der Waals surface area (Å²) in [7, 11) is -5.69. The SMILES string of the molecule is CCc1ccc(OS(=O)(=O)C(F)(F)F)c2c1C1C=CC2O1. The molecule has 0 saturated heterocycles. The fourth-order valence-electron chi connectivity index (χ4n) is 2.62. The summed E-state index contributed by atoms with van der Waals surface area (Å²) in [6, 6.07) is 2.82. The molecular weight excluding hydrogens is 309 g/mol. The van der Waals surface area contributed by atoms with Crippen molar-refractivity contribution in [3.8, 4) is 5.75 Å². The minimum absolute atomic E-state index is 0.323. The van der Waals surface area contributed by atoms with Crippen molar-refractivity contribution in [3.63, 3.8) is 0 Å². The summed E-state index contributed by atoms with van der Waals surface area (Å²) < 4.78 is 69.5. The van der Waals surface area contributed by atoms with Gasteiger partial charge in [-0.25, -0.2) is 0 Å². The Labute approximate surface area is 119 Å². The summed E-state index contributed by atoms with van der Waals surface area (Å²) in [5, 5.41) is 0. The van der Waals surface area contributed by atoms with Crippen LogP contribution in [0.25, 0.3) is 0 Å². The molecule has 0 aliphatic carbocycles. The molecule has 1 aromatic carbocycles. The van der Waals surface area contributed by atoms with Gasteiger partial charge in [0.1, 0.15) is 18.0 Å². The van der Waals surface area contributed by atoms with Crippen LogP contribution in [0.3, 0.4) is 0 Å². The van der Waals surface area contributed by atoms with Gasteiger partial charge in [-0.3, -0.25) is 0 Å². The van der Waals surface area contributed by atoms with Crippen LogP contribution in [0.15, 0.2) is 24.3 Å². The van der Waals surface area contributed by atoms with Crippen LogP contribution in [0.5, 0.6) is 5.75 Å². The molecule has 21 heavy (non-hydrogen) atoms. The normalized spacial score (nSPS) is 23.4. The van der Waals surface area contributed by atoms with Crippen molar-refractivity contribution in [2.75, 3.05) is 0 Å². The van der Waals surface area contributed by atoms with Crippen molar-refractivity contribution in [2.45, 2.75) is 31.1 Å². The Bertz CT molecular complexity index is 722. The smallest absolute Gasteiger partial charge is 0.376 e. The molecule has 0 N–H and O–H groups in total. The molecule has 0 saturated carbocycles. The first-order valence-corrected chi connectivity index (χ1v) is 7.65. The van der Waals surface area contributed by atoms with E-state index >= 15 is 0 Å². The molecule has 2 aliphatic heterocycles. The standard InChI is InChI=1S/C13H11F3O4S/c1-2-7-3-4-10(20-21(17,18)13(14,15)16)12-9-6-5-8(19-9)11(7)12/h3-6,8-9H,2H2,1H3. The van der Waals surface area contributed by atoms with E-state index in [1.165, 1.54) is 6.07 Å². The van der Waals surface area contributed by atoms with Crippen molar-refractivity contribution < 1.29 is 30.5 Å². The predicted octanol–water partition coefficient (Wildman–Crippen LogP) is 3.16. The number of hydrogen-bond acceptors (Lipinski definition) is 4. The fraction of sp³-hybridized carbons (Fsp3) is 0.385. The summed E-state index contributed by atoms with van der Waals surface area (Å²) in [5.41, 5.74) is -3.48. The maximum Gasteiger partial charge on any atom is 0.534 e. The summed E-state index contributed by atoms with van der Waals surface area (Å²) in [4.78, 5) is 0. The molecule has 8 heteroatoms. The fourth-order valence-corrected chi connectivity index (χ4v) is 3.09. The van der Waals surface area contributed by atoms with E-state index in [4.69, 9.17) is 4.74 Å². The van der Waals surface area contributed by atoms with Crippen molar-refractivity contribution in [1.29, 1.82) is 0 Å². The average molecular weight is 320 g/mol. The molecule has 4 nitrogen and oxygen atoms in total. The maximum atomic E-state index is 12.4. The highest BCUT2D eigenvalue weighted by molar-refractivity contribution is 7.88. The Morgan fingerprint density at radius 3 is 2.38 bits per heavy atom. The second kappa shape index (κ2) is 4.48. The molecule has 1 aromatic rings. The molecule has 3 rings (SSSR count). The Morgan fingerprint density at radius 1 is 1.19 bits per heavy atom. The maximum absolute atomic E-state index is 12.4. The second-order valence-electron chi connectivity index (χ2n) is 4.75. The van der Waals surface area contributed by atoms with Crippen LogP contribution in [-0.2, 0) is 21.3 Å². The predicted molar refractivity (Wildman–Crippen MR) is 67.1 cm³/mol. The Kier molecular flexibility index (Phi) is 3.07. The molecule has 0 fully saturated rings. The number of rotatable bonds is 3. The zero-order valence-corrected chi connectivity index (χ0v) is 11.7. The van der Waals surface area contributed by atoms with Crippen LogP contribution in [0.2, 0.25) is 0 Å². The van der Waals surface area contributed by atoms with Crippen LogP contribution >= 0.6 is 0 Å². The summed E-state index contributed by atoms with van der Waals surface area (Å²) >= 11 is 0. The van der Waals surface area contributed by atoms with E-state index in [9.17, 15) is 21.6 Å². The molecule has 2 heterocycles. The van der Waals surface area contributed by atoms with Gasteiger partial charge >= 0.3 is 15.6 Å². The first kappa shape index (κ1) is 14.4. The highest BCUT2D eigenvalue weighted by atomic mass is 32.2. The van der Waals surface area contributed by atoms with Gasteiger partial charge in [-0.2, -0.15) is 21.6 Å². The number of aryl methyl sites for hydroxylation is 1. The van der Waals surface area contributed by atoms with Gasteiger partial charge < -0.3 is 8.92 Å². The van der Waals surface area contributed by atoms with Crippen molar-refractivity contribution in [1.82, 2.24) is 0 Å². The zero-order chi connectivity index (χ0) is 15.4. The lowest BCUT2D eigenvalue weighted by Crippen LogP contribution is -2.28. The molecule has 0 amide bonds. The Balaban J connectivity index is 2.08. The molecule has 2 bridgehead atoms. The quantitative estimate of drug-likeness (QED) is 0.488. The minimum atomic E-state index is -5.69. The van der Waals surface area contributed by atoms with Gasteiger partial charge in [0.15, 0.2) is 0 Å². The molecule has 2 unspecified atom stereocenters. The first-order valence-electron chi connectivity index (χ1n) is 6.25. The largest absolute Gasteiger partial charge is 0.534 e. The first-order chi connectivity index (χ1) is 9.74. The number of alkyl halides is 3. The topological polar surface area (TPSA) is 52.6 Å². The van der Waals surface area contributed by atoms with Crippen LogP contribution in [0, 0.1) is 0 Å². The Hall–Kier alpha value is -1.54. The summed E-state index contributed by atoms with van der Waals surface area (Å²) in [6.45, 7) is 1.90. The highest BCUT2D eigenvalue weighted by Gasteiger charge is 2.49. The van der Waals surface area contributed by atoms with Crippen LogP contribution < -0.4 is 4.18 Å². The van der Waals surface area contributed by atoms with Crippen molar-refractivity contribution >= 4 is 10.1 Å². The number of fused-ring (bicyclic) bond motifs is 5. The molecule has 0 aromatic heterocycles. The zero-order valence-electron chi connectivity index (χ0n) is 10.8. The third-order valence-corrected chi connectivity index (χ3v) is 4.49. The molecule has 0 spiro atoms. The van der Waals surface area contributed by atoms with Crippen molar-refractivity contribution in [2.24, 2.45) is 0 Å². The summed E-state index contributed by atoms with van der Waals surface area (Å²) in [6.07, 6.45) is 3.23. The van der Waals surface area contributed by atoms with Crippen molar-refractivity contribution in [3.05, 3.63) is 41.0 Å². The van der Waals surface area contributed by atoms with Crippen LogP contribution in [-0.4, -0.2) is 13.9 Å². The van der Waals surface area contributed by atoms with E-state index in [0.29, 0.717) is 17.5 Å². The number of halogens is 3. The minimum Gasteiger partial charge on any atom is -0.376 e. The molecule has 2 atom stereocenters. The number of benzene rings is 1. The van der Waals surface area contributed by atoms with E-state index in [-0.39, 0.29) is 11.9 Å². The molecular formula is C13H11F3O4S. The van der Waals surface area contributed by atoms with E-state index in [0.717, 1.165) is 5.56 Å². The average Bonchev–Trinajstić information content (AvgIpc) is 2.98. The highest BCUT2D eigenvalue weighted by Crippen LogP contribution is 2.51. The van der Waals surface area contributed by atoms with E-state index < -0.39 is 21.7 Å². The third-order valence-electron chi connectivity index (χ3n) is 3.52. The second-order valence-corrected chi connectivity index (χ2v) is 6.29. The van der Waals surface area contributed by atoms with Gasteiger partial charge in [0.05, 0.1) is 0 Å². The van der Waals surface area contributed by atoms with Gasteiger partial charge in [-0.15, -0.1) is 0 Å². The van der Waals surface area contributed by atoms with E-state index in [1.54, 1.807) is 18.2 Å². The number of ether oxygens (including phenoxy) is 1. The lowest BCUT2D eigenvalue weighted by molar-refractivity contribution is -0.0500. The van der Waals surface area contributed by atoms with E-state index in [2.05, 4.69) is 4.18 Å². The van der Waals surface area contributed by atoms with Crippen LogP contribution in [0.1, 0.15) is 35.8 Å². The summed E-state index contributed by atoms with van der Waals surface area (Å²) in [5.74, 6) is -0.323. The molecule has 2 aliphatic rings. The van der Waals surface area contributed by atoms with Gasteiger partial charge in [0.2, 0.25) is 0 Å². The molecule has 114 valence electrons. The van der Waals surface area contributed by atoms with Gasteiger partial charge in [-0.1, -0.05) is 25.1 Å². The lowest BCUT2D eigenvalue weighted by Gasteiger charge is -2.17. The van der Waals surface area contributed by atoms with Crippen LogP contribution in [0.4, 0.5) is 13.2 Å². The third kappa shape index (κ3) is 2.13. The number of hydrogen-bond donors (Lipinski definition) is 0. The monoisotopic (exact) mass is 320 g/mol. The van der Waals surface area contributed by atoms with Gasteiger partial charge in [-0.05, 0) is 23.6 Å².